The zero-order chi connectivity index (χ0) is 10.4. The molecule has 1 fully saturated rings. The van der Waals surface area contributed by atoms with Crippen LogP contribution in [0.5, 0.6) is 0 Å². The molecule has 2 unspecified atom stereocenters. The van der Waals surface area contributed by atoms with Crippen LogP contribution in [0.4, 0.5) is 0 Å². The number of nitrogens with zero attached hydrogens (tertiary/aromatic N) is 1. The van der Waals surface area contributed by atoms with E-state index in [4.69, 9.17) is 4.74 Å². The van der Waals surface area contributed by atoms with Crippen molar-refractivity contribution in [3.8, 4) is 0 Å². The molecule has 0 radical (unpaired) electrons. The van der Waals surface area contributed by atoms with Gasteiger partial charge in [0.15, 0.2) is 0 Å². The van der Waals surface area contributed by atoms with Crippen molar-refractivity contribution in [2.45, 2.75) is 26.0 Å². The van der Waals surface area contributed by atoms with Gasteiger partial charge in [-0.1, -0.05) is 6.08 Å². The molecule has 0 bridgehead atoms. The van der Waals surface area contributed by atoms with Crippen LogP contribution in [0.25, 0.3) is 0 Å². The van der Waals surface area contributed by atoms with E-state index in [1.807, 2.05) is 6.08 Å². The third-order valence-electron chi connectivity index (χ3n) is 2.62. The molecule has 0 aromatic rings. The Labute approximate surface area is 87.1 Å². The lowest BCUT2D eigenvalue weighted by molar-refractivity contribution is -0.0310. The Balaban J connectivity index is 2.21. The average Bonchev–Trinajstić information content (AvgIpc) is 2.18. The highest BCUT2D eigenvalue weighted by Gasteiger charge is 2.20. The summed E-state index contributed by atoms with van der Waals surface area (Å²) in [7, 11) is 0. The normalized spacial score (nSPS) is 26.0. The molecule has 3 nitrogen and oxygen atoms in total. The molecule has 1 heterocycles. The lowest BCUT2D eigenvalue weighted by Crippen LogP contribution is -2.49. The van der Waals surface area contributed by atoms with E-state index in [1.165, 1.54) is 0 Å². The standard InChI is InChI=1S/C11H22N2O/c1-4-5-12-8-10(2)13-6-7-14-11(3)9-13/h4,10-12H,1,5-9H2,2-3H3. The van der Waals surface area contributed by atoms with E-state index < -0.39 is 0 Å². The summed E-state index contributed by atoms with van der Waals surface area (Å²) in [6.45, 7) is 13.0. The van der Waals surface area contributed by atoms with Crippen LogP contribution in [0, 0.1) is 0 Å². The quantitative estimate of drug-likeness (QED) is 0.524. The third kappa shape index (κ3) is 3.78. The van der Waals surface area contributed by atoms with Gasteiger partial charge in [-0.2, -0.15) is 0 Å². The molecular weight excluding hydrogens is 176 g/mol. The van der Waals surface area contributed by atoms with Gasteiger partial charge >= 0.3 is 0 Å². The predicted octanol–water partition coefficient (Wildman–Crippen LogP) is 0.871. The Morgan fingerprint density at radius 3 is 3.14 bits per heavy atom. The second-order valence-corrected chi connectivity index (χ2v) is 3.97. The van der Waals surface area contributed by atoms with Gasteiger partial charge in [0.1, 0.15) is 0 Å². The van der Waals surface area contributed by atoms with E-state index in [0.717, 1.165) is 32.8 Å². The smallest absolute Gasteiger partial charge is 0.0674 e. The van der Waals surface area contributed by atoms with Crippen LogP contribution in [-0.4, -0.2) is 49.8 Å². The molecule has 0 amide bonds. The average molecular weight is 198 g/mol. The first-order chi connectivity index (χ1) is 6.74. The van der Waals surface area contributed by atoms with Crippen molar-refractivity contribution >= 4 is 0 Å². The SMILES string of the molecule is C=CCNCC(C)N1CCOC(C)C1. The summed E-state index contributed by atoms with van der Waals surface area (Å²) < 4.78 is 5.51. The summed E-state index contributed by atoms with van der Waals surface area (Å²) in [5, 5.41) is 3.35. The molecule has 0 aromatic carbocycles. The van der Waals surface area contributed by atoms with Gasteiger partial charge in [0.2, 0.25) is 0 Å². The monoisotopic (exact) mass is 198 g/mol. The minimum absolute atomic E-state index is 0.380. The molecule has 1 aliphatic rings. The fraction of sp³-hybridized carbons (Fsp3) is 0.818. The zero-order valence-corrected chi connectivity index (χ0v) is 9.33. The van der Waals surface area contributed by atoms with Gasteiger partial charge in [-0.3, -0.25) is 4.90 Å². The van der Waals surface area contributed by atoms with Crippen LogP contribution in [-0.2, 0) is 4.74 Å². The number of hydrogen-bond donors (Lipinski definition) is 1. The first-order valence-corrected chi connectivity index (χ1v) is 5.41. The minimum atomic E-state index is 0.380. The van der Waals surface area contributed by atoms with Gasteiger partial charge < -0.3 is 10.1 Å². The molecule has 0 spiro atoms. The Kier molecular flexibility index (Phi) is 5.15. The van der Waals surface area contributed by atoms with E-state index in [0.29, 0.717) is 12.1 Å². The Morgan fingerprint density at radius 1 is 1.71 bits per heavy atom. The van der Waals surface area contributed by atoms with Crippen molar-refractivity contribution in [3.63, 3.8) is 0 Å². The Bertz CT molecular complexity index is 173. The lowest BCUT2D eigenvalue weighted by Gasteiger charge is -2.35. The summed E-state index contributed by atoms with van der Waals surface area (Å²) in [4.78, 5) is 2.48. The molecule has 0 aliphatic carbocycles. The number of nitrogens with one attached hydrogen (secondary N) is 1. The number of morpholine rings is 1. The predicted molar refractivity (Wildman–Crippen MR) is 59.5 cm³/mol. The van der Waals surface area contributed by atoms with E-state index in [2.05, 4.69) is 30.6 Å². The zero-order valence-electron chi connectivity index (χ0n) is 9.33. The maximum atomic E-state index is 5.51. The molecule has 82 valence electrons. The first-order valence-electron chi connectivity index (χ1n) is 5.41. The molecule has 0 aromatic heterocycles. The highest BCUT2D eigenvalue weighted by Crippen LogP contribution is 2.07. The Morgan fingerprint density at radius 2 is 2.50 bits per heavy atom. The summed E-state index contributed by atoms with van der Waals surface area (Å²) in [5.41, 5.74) is 0. The third-order valence-corrected chi connectivity index (χ3v) is 2.62. The lowest BCUT2D eigenvalue weighted by atomic mass is 10.2. The Hall–Kier alpha value is -0.380. The number of hydrogen-bond acceptors (Lipinski definition) is 3. The minimum Gasteiger partial charge on any atom is -0.376 e. The summed E-state index contributed by atoms with van der Waals surface area (Å²) >= 11 is 0. The van der Waals surface area contributed by atoms with Gasteiger partial charge in [0, 0.05) is 32.2 Å². The van der Waals surface area contributed by atoms with Crippen molar-refractivity contribution in [3.05, 3.63) is 12.7 Å². The molecule has 1 saturated heterocycles. The number of rotatable bonds is 5. The first kappa shape index (κ1) is 11.7. The van der Waals surface area contributed by atoms with Crippen molar-refractivity contribution in [2.75, 3.05) is 32.8 Å². The van der Waals surface area contributed by atoms with Gasteiger partial charge in [-0.15, -0.1) is 6.58 Å². The maximum Gasteiger partial charge on any atom is 0.0674 e. The molecule has 1 N–H and O–H groups in total. The van der Waals surface area contributed by atoms with Crippen LogP contribution < -0.4 is 5.32 Å². The van der Waals surface area contributed by atoms with Gasteiger partial charge in [-0.05, 0) is 13.8 Å². The summed E-state index contributed by atoms with van der Waals surface area (Å²) in [6, 6.07) is 0.585. The molecule has 1 rings (SSSR count). The van der Waals surface area contributed by atoms with Gasteiger partial charge in [0.05, 0.1) is 12.7 Å². The van der Waals surface area contributed by atoms with E-state index in [9.17, 15) is 0 Å². The molecule has 0 saturated carbocycles. The van der Waals surface area contributed by atoms with E-state index in [1.54, 1.807) is 0 Å². The maximum absolute atomic E-state index is 5.51. The number of ether oxygens (including phenoxy) is 1. The van der Waals surface area contributed by atoms with Crippen molar-refractivity contribution < 1.29 is 4.74 Å². The van der Waals surface area contributed by atoms with Crippen molar-refractivity contribution in [1.29, 1.82) is 0 Å². The van der Waals surface area contributed by atoms with Crippen LogP contribution in [0.3, 0.4) is 0 Å². The topological polar surface area (TPSA) is 24.5 Å². The fourth-order valence-electron chi connectivity index (χ4n) is 1.77. The highest BCUT2D eigenvalue weighted by atomic mass is 16.5. The molecule has 1 aliphatic heterocycles. The van der Waals surface area contributed by atoms with Crippen molar-refractivity contribution in [2.24, 2.45) is 0 Å². The fourth-order valence-corrected chi connectivity index (χ4v) is 1.77. The van der Waals surface area contributed by atoms with Crippen LogP contribution in [0.15, 0.2) is 12.7 Å². The van der Waals surface area contributed by atoms with Crippen LogP contribution in [0.2, 0.25) is 0 Å². The molecular formula is C11H22N2O. The highest BCUT2D eigenvalue weighted by molar-refractivity contribution is 4.77. The molecule has 14 heavy (non-hydrogen) atoms. The van der Waals surface area contributed by atoms with Crippen molar-refractivity contribution in [1.82, 2.24) is 10.2 Å². The van der Waals surface area contributed by atoms with Crippen LogP contribution >= 0.6 is 0 Å². The largest absolute Gasteiger partial charge is 0.376 e. The van der Waals surface area contributed by atoms with Gasteiger partial charge in [-0.25, -0.2) is 0 Å². The van der Waals surface area contributed by atoms with Gasteiger partial charge in [0.25, 0.3) is 0 Å². The molecule has 3 heteroatoms. The van der Waals surface area contributed by atoms with E-state index >= 15 is 0 Å². The second-order valence-electron chi connectivity index (χ2n) is 3.97. The second kappa shape index (κ2) is 6.17. The summed E-state index contributed by atoms with van der Waals surface area (Å²) in [6.07, 6.45) is 2.28. The van der Waals surface area contributed by atoms with E-state index in [-0.39, 0.29) is 0 Å². The van der Waals surface area contributed by atoms with Crippen LogP contribution in [0.1, 0.15) is 13.8 Å². The molecule has 2 atom stereocenters. The summed E-state index contributed by atoms with van der Waals surface area (Å²) in [5.74, 6) is 0.